The second-order valence-corrected chi connectivity index (χ2v) is 6.17. The second kappa shape index (κ2) is 6.88. The highest BCUT2D eigenvalue weighted by Gasteiger charge is 2.30. The number of rotatable bonds is 7. The summed E-state index contributed by atoms with van der Waals surface area (Å²) < 4.78 is 28.8. The molecule has 6 nitrogen and oxygen atoms in total. The van der Waals surface area contributed by atoms with E-state index in [0.717, 1.165) is 12.8 Å². The van der Waals surface area contributed by atoms with E-state index in [1.807, 2.05) is 6.92 Å². The summed E-state index contributed by atoms with van der Waals surface area (Å²) >= 11 is 6.05. The van der Waals surface area contributed by atoms with E-state index in [2.05, 4.69) is 15.5 Å². The Morgan fingerprint density at radius 2 is 2.21 bits per heavy atom. The predicted molar refractivity (Wildman–Crippen MR) is 83.9 cm³/mol. The zero-order valence-electron chi connectivity index (χ0n) is 13.2. The third-order valence-corrected chi connectivity index (χ3v) is 4.31. The fourth-order valence-electron chi connectivity index (χ4n) is 2.60. The highest BCUT2D eigenvalue weighted by molar-refractivity contribution is 6.31. The van der Waals surface area contributed by atoms with Crippen LogP contribution in [0.2, 0.25) is 5.02 Å². The van der Waals surface area contributed by atoms with E-state index in [1.54, 1.807) is 4.68 Å². The van der Waals surface area contributed by atoms with Crippen LogP contribution in [0, 0.1) is 0 Å². The molecule has 1 fully saturated rings. The number of carbonyl (C=O) groups excluding carboxylic acids is 1. The molecule has 3 rings (SSSR count). The van der Waals surface area contributed by atoms with Gasteiger partial charge in [-0.05, 0) is 25.8 Å². The molecule has 2 aromatic rings. The molecule has 0 spiro atoms. The molecule has 0 unspecified atom stereocenters. The van der Waals surface area contributed by atoms with Gasteiger partial charge in [-0.2, -0.15) is 10.2 Å². The lowest BCUT2D eigenvalue weighted by Crippen LogP contribution is -2.29. The number of nitrogens with zero attached hydrogens (tertiary/aromatic N) is 4. The minimum absolute atomic E-state index is 0.0869. The molecule has 9 heteroatoms. The van der Waals surface area contributed by atoms with Gasteiger partial charge in [0, 0.05) is 18.2 Å². The topological polar surface area (TPSA) is 64.7 Å². The normalized spacial score (nSPS) is 14.4. The molecule has 1 N–H and O–H groups in total. The Morgan fingerprint density at radius 1 is 1.46 bits per heavy atom. The zero-order chi connectivity index (χ0) is 17.3. The van der Waals surface area contributed by atoms with Crippen molar-refractivity contribution < 1.29 is 13.6 Å². The van der Waals surface area contributed by atoms with Crippen molar-refractivity contribution in [1.29, 1.82) is 0 Å². The lowest BCUT2D eigenvalue weighted by Gasteiger charge is -2.09. The SMILES string of the molecule is CCn1ncc(Cl)c1CNC(=O)Cn1nc(C(F)F)cc1C1CC1. The summed E-state index contributed by atoms with van der Waals surface area (Å²) in [5.74, 6) is -0.0745. The number of carbonyl (C=O) groups is 1. The van der Waals surface area contributed by atoms with Gasteiger partial charge in [-0.15, -0.1) is 0 Å². The monoisotopic (exact) mass is 357 g/mol. The van der Waals surface area contributed by atoms with Gasteiger partial charge in [0.1, 0.15) is 12.2 Å². The van der Waals surface area contributed by atoms with Gasteiger partial charge in [0.25, 0.3) is 6.43 Å². The highest BCUT2D eigenvalue weighted by Crippen LogP contribution is 2.41. The minimum atomic E-state index is -2.63. The lowest BCUT2D eigenvalue weighted by molar-refractivity contribution is -0.122. The van der Waals surface area contributed by atoms with Crippen LogP contribution in [0.15, 0.2) is 12.3 Å². The Balaban J connectivity index is 1.65. The molecule has 2 heterocycles. The fourth-order valence-corrected chi connectivity index (χ4v) is 2.81. The molecule has 0 saturated heterocycles. The van der Waals surface area contributed by atoms with E-state index in [-0.39, 0.29) is 30.6 Å². The maximum absolute atomic E-state index is 12.8. The van der Waals surface area contributed by atoms with E-state index >= 15 is 0 Å². The van der Waals surface area contributed by atoms with E-state index < -0.39 is 6.43 Å². The van der Waals surface area contributed by atoms with Crippen molar-refractivity contribution in [1.82, 2.24) is 24.9 Å². The summed E-state index contributed by atoms with van der Waals surface area (Å²) in [6.07, 6.45) is 0.785. The number of amides is 1. The second-order valence-electron chi connectivity index (χ2n) is 5.76. The van der Waals surface area contributed by atoms with E-state index in [4.69, 9.17) is 11.6 Å². The predicted octanol–water partition coefficient (Wildman–Crippen LogP) is 2.88. The Bertz CT molecular complexity index is 738. The molecule has 1 saturated carbocycles. The Hall–Kier alpha value is -1.96. The van der Waals surface area contributed by atoms with Gasteiger partial charge in [0.2, 0.25) is 5.91 Å². The summed E-state index contributed by atoms with van der Waals surface area (Å²) in [6.45, 7) is 2.70. The molecule has 1 amide bonds. The number of alkyl halides is 2. The van der Waals surface area contributed by atoms with Crippen LogP contribution in [0.5, 0.6) is 0 Å². The molecule has 0 aromatic carbocycles. The minimum Gasteiger partial charge on any atom is -0.349 e. The molecular formula is C15H18ClF2N5O. The van der Waals surface area contributed by atoms with Crippen LogP contribution in [0.4, 0.5) is 8.78 Å². The molecular weight excluding hydrogens is 340 g/mol. The van der Waals surface area contributed by atoms with Crippen LogP contribution in [0.1, 0.15) is 49.2 Å². The van der Waals surface area contributed by atoms with Gasteiger partial charge in [0.15, 0.2) is 0 Å². The molecule has 0 atom stereocenters. The van der Waals surface area contributed by atoms with Crippen LogP contribution in [0.25, 0.3) is 0 Å². The molecule has 2 aromatic heterocycles. The van der Waals surface area contributed by atoms with Gasteiger partial charge < -0.3 is 5.32 Å². The third kappa shape index (κ3) is 3.58. The summed E-state index contributed by atoms with van der Waals surface area (Å²) in [4.78, 5) is 12.2. The van der Waals surface area contributed by atoms with Crippen LogP contribution in [-0.2, 0) is 24.4 Å². The van der Waals surface area contributed by atoms with Crippen molar-refractivity contribution >= 4 is 17.5 Å². The van der Waals surface area contributed by atoms with Crippen LogP contribution >= 0.6 is 11.6 Å². The first-order chi connectivity index (χ1) is 11.5. The van der Waals surface area contributed by atoms with Gasteiger partial charge in [-0.3, -0.25) is 14.2 Å². The van der Waals surface area contributed by atoms with Crippen LogP contribution in [-0.4, -0.2) is 25.5 Å². The van der Waals surface area contributed by atoms with Crippen molar-refractivity contribution in [2.24, 2.45) is 0 Å². The van der Waals surface area contributed by atoms with E-state index in [1.165, 1.54) is 16.9 Å². The third-order valence-electron chi connectivity index (χ3n) is 3.99. The molecule has 1 aliphatic carbocycles. The standard InChI is InChI=1S/C15H18ClF2N5O/c1-2-22-13(10(16)6-20-22)7-19-14(24)8-23-12(9-3-4-9)5-11(21-23)15(17)18/h5-6,9,15H,2-4,7-8H2,1H3,(H,19,24). The number of nitrogens with one attached hydrogen (secondary N) is 1. The maximum atomic E-state index is 12.8. The van der Waals surface area contributed by atoms with E-state index in [9.17, 15) is 13.6 Å². The molecule has 0 bridgehead atoms. The van der Waals surface area contributed by atoms with Crippen molar-refractivity contribution in [3.8, 4) is 0 Å². The molecule has 24 heavy (non-hydrogen) atoms. The Kier molecular flexibility index (Phi) is 4.84. The van der Waals surface area contributed by atoms with Crippen molar-refractivity contribution in [3.63, 3.8) is 0 Å². The molecule has 0 aliphatic heterocycles. The van der Waals surface area contributed by atoms with Crippen LogP contribution in [0.3, 0.4) is 0 Å². The lowest BCUT2D eigenvalue weighted by atomic mass is 10.2. The first kappa shape index (κ1) is 16.9. The largest absolute Gasteiger partial charge is 0.349 e. The fraction of sp³-hybridized carbons (Fsp3) is 0.533. The smallest absolute Gasteiger partial charge is 0.282 e. The molecule has 130 valence electrons. The van der Waals surface area contributed by atoms with Crippen molar-refractivity contribution in [2.75, 3.05) is 0 Å². The highest BCUT2D eigenvalue weighted by atomic mass is 35.5. The van der Waals surface area contributed by atoms with Gasteiger partial charge >= 0.3 is 0 Å². The summed E-state index contributed by atoms with van der Waals surface area (Å²) in [5, 5.41) is 11.2. The first-order valence-corrected chi connectivity index (χ1v) is 8.20. The number of aryl methyl sites for hydroxylation is 1. The van der Waals surface area contributed by atoms with Crippen molar-refractivity contribution in [2.45, 2.75) is 51.7 Å². The average Bonchev–Trinajstić information content (AvgIpc) is 3.20. The van der Waals surface area contributed by atoms with Crippen LogP contribution < -0.4 is 5.32 Å². The Morgan fingerprint density at radius 3 is 2.83 bits per heavy atom. The van der Waals surface area contributed by atoms with Gasteiger partial charge in [0.05, 0.1) is 23.5 Å². The summed E-state index contributed by atoms with van der Waals surface area (Å²) in [7, 11) is 0. The van der Waals surface area contributed by atoms with Gasteiger partial charge in [-0.1, -0.05) is 11.6 Å². The first-order valence-electron chi connectivity index (χ1n) is 7.82. The summed E-state index contributed by atoms with van der Waals surface area (Å²) in [6, 6.07) is 1.40. The number of hydrogen-bond acceptors (Lipinski definition) is 3. The maximum Gasteiger partial charge on any atom is 0.282 e. The van der Waals surface area contributed by atoms with Gasteiger partial charge in [-0.25, -0.2) is 8.78 Å². The molecule has 0 radical (unpaired) electrons. The average molecular weight is 358 g/mol. The number of aromatic nitrogens is 4. The molecule has 1 aliphatic rings. The summed E-state index contributed by atoms with van der Waals surface area (Å²) in [5.41, 5.74) is 1.14. The van der Waals surface area contributed by atoms with Crippen molar-refractivity contribution in [3.05, 3.63) is 34.4 Å². The quantitative estimate of drug-likeness (QED) is 0.828. The zero-order valence-corrected chi connectivity index (χ0v) is 13.9. The number of hydrogen-bond donors (Lipinski definition) is 1. The van der Waals surface area contributed by atoms with E-state index in [0.29, 0.717) is 23.0 Å². The Labute approximate surface area is 142 Å². The number of halogens is 3.